The average molecular weight is 240 g/mol. The van der Waals surface area contributed by atoms with Gasteiger partial charge in [0.15, 0.2) is 0 Å². The maximum Gasteiger partial charge on any atom is 0.139 e. The SMILES string of the molecule is Cl.OCc1cncc(O)c1C(S)S. The lowest BCUT2D eigenvalue weighted by Crippen LogP contribution is -1.95. The van der Waals surface area contributed by atoms with Crippen LogP contribution in [-0.4, -0.2) is 15.2 Å². The predicted octanol–water partition coefficient (Wildman–Crippen LogP) is 1.56. The number of aliphatic hydroxyl groups is 1. The van der Waals surface area contributed by atoms with E-state index >= 15 is 0 Å². The fourth-order valence-corrected chi connectivity index (χ4v) is 1.52. The van der Waals surface area contributed by atoms with Crippen molar-refractivity contribution in [3.63, 3.8) is 0 Å². The standard InChI is InChI=1S/C7H9NO2S2.ClH/c9-3-4-1-8-2-5(10)6(4)7(11)12;/h1-2,7,9-12H,3H2;1H. The fraction of sp³-hybridized carbons (Fsp3) is 0.286. The molecule has 0 unspecified atom stereocenters. The first-order chi connectivity index (χ1) is 5.66. The third kappa shape index (κ3) is 2.95. The molecular formula is C7H10ClNO2S2. The summed E-state index contributed by atoms with van der Waals surface area (Å²) in [6.45, 7) is -0.172. The van der Waals surface area contributed by atoms with Crippen molar-refractivity contribution >= 4 is 37.7 Å². The van der Waals surface area contributed by atoms with Gasteiger partial charge in [0, 0.05) is 17.3 Å². The summed E-state index contributed by atoms with van der Waals surface area (Å²) >= 11 is 8.09. The zero-order valence-corrected chi connectivity index (χ0v) is 9.19. The zero-order valence-electron chi connectivity index (χ0n) is 6.58. The van der Waals surface area contributed by atoms with E-state index in [0.717, 1.165) is 0 Å². The largest absolute Gasteiger partial charge is 0.506 e. The van der Waals surface area contributed by atoms with E-state index in [-0.39, 0.29) is 24.8 Å². The van der Waals surface area contributed by atoms with E-state index < -0.39 is 4.58 Å². The van der Waals surface area contributed by atoms with Gasteiger partial charge in [-0.05, 0) is 0 Å². The van der Waals surface area contributed by atoms with Gasteiger partial charge in [0.05, 0.1) is 17.4 Å². The normalized spacial score (nSPS) is 9.85. The Labute approximate surface area is 93.4 Å². The van der Waals surface area contributed by atoms with Gasteiger partial charge in [0.1, 0.15) is 5.75 Å². The summed E-state index contributed by atoms with van der Waals surface area (Å²) in [7, 11) is 0. The summed E-state index contributed by atoms with van der Waals surface area (Å²) in [6, 6.07) is 0. The molecule has 1 aromatic rings. The van der Waals surface area contributed by atoms with Crippen LogP contribution in [0.25, 0.3) is 0 Å². The van der Waals surface area contributed by atoms with Crippen molar-refractivity contribution in [3.05, 3.63) is 23.5 Å². The smallest absolute Gasteiger partial charge is 0.139 e. The number of rotatable bonds is 2. The van der Waals surface area contributed by atoms with E-state index in [0.29, 0.717) is 11.1 Å². The van der Waals surface area contributed by atoms with E-state index in [1.54, 1.807) is 0 Å². The summed E-state index contributed by atoms with van der Waals surface area (Å²) < 4.78 is -0.407. The van der Waals surface area contributed by atoms with Crippen LogP contribution in [0.2, 0.25) is 0 Å². The first-order valence-corrected chi connectivity index (χ1v) is 4.33. The molecule has 0 aliphatic carbocycles. The van der Waals surface area contributed by atoms with Gasteiger partial charge < -0.3 is 10.2 Å². The molecule has 0 spiro atoms. The molecule has 0 amide bonds. The maximum atomic E-state index is 9.32. The second kappa shape index (κ2) is 5.59. The molecule has 0 fully saturated rings. The van der Waals surface area contributed by atoms with E-state index in [1.165, 1.54) is 12.4 Å². The molecule has 0 bridgehead atoms. The first-order valence-electron chi connectivity index (χ1n) is 3.29. The summed E-state index contributed by atoms with van der Waals surface area (Å²) in [5, 5.41) is 18.2. The number of nitrogens with zero attached hydrogens (tertiary/aromatic N) is 1. The molecule has 0 saturated carbocycles. The molecule has 1 aromatic heterocycles. The van der Waals surface area contributed by atoms with E-state index in [2.05, 4.69) is 30.2 Å². The molecule has 74 valence electrons. The van der Waals surface area contributed by atoms with Gasteiger partial charge in [-0.15, -0.1) is 12.4 Å². The van der Waals surface area contributed by atoms with Crippen LogP contribution in [0.3, 0.4) is 0 Å². The topological polar surface area (TPSA) is 53.4 Å². The molecular weight excluding hydrogens is 230 g/mol. The molecule has 0 saturated heterocycles. The summed E-state index contributed by atoms with van der Waals surface area (Å²) in [6.07, 6.45) is 2.78. The monoisotopic (exact) mass is 239 g/mol. The van der Waals surface area contributed by atoms with Gasteiger partial charge in [0.25, 0.3) is 0 Å². The van der Waals surface area contributed by atoms with Crippen molar-refractivity contribution in [1.29, 1.82) is 0 Å². The Kier molecular flexibility index (Phi) is 5.55. The van der Waals surface area contributed by atoms with Gasteiger partial charge in [-0.1, -0.05) is 0 Å². The van der Waals surface area contributed by atoms with Crippen LogP contribution in [0.4, 0.5) is 0 Å². The van der Waals surface area contributed by atoms with Gasteiger partial charge in [-0.25, -0.2) is 0 Å². The fourth-order valence-electron chi connectivity index (χ4n) is 0.926. The third-order valence-corrected chi connectivity index (χ3v) is 1.99. The highest BCUT2D eigenvalue weighted by Crippen LogP contribution is 2.33. The molecule has 13 heavy (non-hydrogen) atoms. The number of hydrogen-bond acceptors (Lipinski definition) is 5. The molecule has 0 aromatic carbocycles. The van der Waals surface area contributed by atoms with Crippen LogP contribution < -0.4 is 0 Å². The highest BCUT2D eigenvalue weighted by atomic mass is 35.5. The second-order valence-electron chi connectivity index (χ2n) is 2.26. The maximum absolute atomic E-state index is 9.32. The van der Waals surface area contributed by atoms with Gasteiger partial charge >= 0.3 is 0 Å². The number of halogens is 1. The number of aliphatic hydroxyl groups excluding tert-OH is 1. The molecule has 0 aliphatic rings. The molecule has 0 atom stereocenters. The minimum atomic E-state index is -0.407. The number of pyridine rings is 1. The Morgan fingerprint density at radius 3 is 2.38 bits per heavy atom. The number of aromatic nitrogens is 1. The summed E-state index contributed by atoms with van der Waals surface area (Å²) in [5.74, 6) is 0.0107. The molecule has 1 heterocycles. The minimum absolute atomic E-state index is 0. The van der Waals surface area contributed by atoms with Crippen molar-refractivity contribution in [1.82, 2.24) is 4.98 Å². The van der Waals surface area contributed by atoms with Crippen LogP contribution in [0.15, 0.2) is 12.4 Å². The average Bonchev–Trinajstić information content (AvgIpc) is 2.03. The summed E-state index contributed by atoms with van der Waals surface area (Å²) in [4.78, 5) is 3.72. The lowest BCUT2D eigenvalue weighted by Gasteiger charge is -2.10. The van der Waals surface area contributed by atoms with Crippen LogP contribution in [0, 0.1) is 0 Å². The summed E-state index contributed by atoms with van der Waals surface area (Å²) in [5.41, 5.74) is 1.06. The van der Waals surface area contributed by atoms with Crippen LogP contribution in [0.5, 0.6) is 5.75 Å². The van der Waals surface area contributed by atoms with Crippen molar-refractivity contribution in [2.45, 2.75) is 11.2 Å². The molecule has 0 radical (unpaired) electrons. The van der Waals surface area contributed by atoms with Crippen LogP contribution in [0.1, 0.15) is 15.7 Å². The van der Waals surface area contributed by atoms with E-state index in [4.69, 9.17) is 5.11 Å². The molecule has 6 heteroatoms. The van der Waals surface area contributed by atoms with Crippen molar-refractivity contribution < 1.29 is 10.2 Å². The van der Waals surface area contributed by atoms with Crippen LogP contribution >= 0.6 is 37.7 Å². The van der Waals surface area contributed by atoms with Crippen molar-refractivity contribution in [3.8, 4) is 5.75 Å². The zero-order chi connectivity index (χ0) is 9.14. The van der Waals surface area contributed by atoms with Crippen LogP contribution in [-0.2, 0) is 6.61 Å². The number of hydrogen-bond donors (Lipinski definition) is 4. The van der Waals surface area contributed by atoms with Gasteiger partial charge in [0.2, 0.25) is 0 Å². The van der Waals surface area contributed by atoms with Gasteiger partial charge in [-0.2, -0.15) is 25.3 Å². The van der Waals surface area contributed by atoms with Crippen molar-refractivity contribution in [2.24, 2.45) is 0 Å². The first kappa shape index (κ1) is 12.9. The minimum Gasteiger partial charge on any atom is -0.506 e. The molecule has 1 rings (SSSR count). The molecule has 2 N–H and O–H groups in total. The third-order valence-electron chi connectivity index (χ3n) is 1.48. The highest BCUT2D eigenvalue weighted by Gasteiger charge is 2.12. The quantitative estimate of drug-likeness (QED) is 0.468. The predicted molar refractivity (Wildman–Crippen MR) is 59.8 cm³/mol. The van der Waals surface area contributed by atoms with Crippen molar-refractivity contribution in [2.75, 3.05) is 0 Å². The lowest BCUT2D eigenvalue weighted by molar-refractivity contribution is 0.279. The number of thiol groups is 2. The Hall–Kier alpha value is -0.100. The molecule has 0 aliphatic heterocycles. The van der Waals surface area contributed by atoms with Gasteiger partial charge in [-0.3, -0.25) is 4.98 Å². The Balaban J connectivity index is 0.00000144. The number of aromatic hydroxyl groups is 1. The Morgan fingerprint density at radius 1 is 1.38 bits per heavy atom. The Bertz CT molecular complexity index is 283. The van der Waals surface area contributed by atoms with E-state index in [1.807, 2.05) is 0 Å². The second-order valence-corrected chi connectivity index (χ2v) is 3.70. The lowest BCUT2D eigenvalue weighted by atomic mass is 10.1. The highest BCUT2D eigenvalue weighted by molar-refractivity contribution is 7.98. The van der Waals surface area contributed by atoms with E-state index in [9.17, 15) is 5.11 Å². The molecule has 3 nitrogen and oxygen atoms in total. The Morgan fingerprint density at radius 2 is 2.00 bits per heavy atom.